The third-order valence-electron chi connectivity index (χ3n) is 11.6. The zero-order valence-electron chi connectivity index (χ0n) is 36.5. The van der Waals surface area contributed by atoms with Gasteiger partial charge >= 0.3 is 6.09 Å². The first kappa shape index (κ1) is 48.3. The normalized spacial score (nSPS) is 30.6. The maximum Gasteiger partial charge on any atom is 0.407 e. The van der Waals surface area contributed by atoms with Crippen molar-refractivity contribution in [1.29, 1.82) is 0 Å². The molecule has 2 saturated heterocycles. The lowest BCUT2D eigenvalue weighted by Gasteiger charge is -2.45. The molecule has 0 spiro atoms. The summed E-state index contributed by atoms with van der Waals surface area (Å²) in [5.41, 5.74) is -1.73. The highest BCUT2D eigenvalue weighted by molar-refractivity contribution is 8.56. The number of Topliss-reactive ketones (excluding diaryl/α,β-unsaturated/α-hetero) is 2. The summed E-state index contributed by atoms with van der Waals surface area (Å²) < 4.78 is 54.7. The van der Waals surface area contributed by atoms with Gasteiger partial charge in [0.1, 0.15) is 29.7 Å². The van der Waals surface area contributed by atoms with Crippen molar-refractivity contribution in [3.8, 4) is 29.4 Å². The molecule has 3 aromatic rings. The van der Waals surface area contributed by atoms with Crippen LogP contribution < -0.4 is 10.6 Å². The van der Waals surface area contributed by atoms with E-state index in [9.17, 15) is 24.6 Å². The zero-order valence-corrected chi connectivity index (χ0v) is 39.0. The Morgan fingerprint density at radius 2 is 1.92 bits per heavy atom. The number of aromatic amines is 1. The molecular weight excluding hydrogens is 900 g/mol. The lowest BCUT2D eigenvalue weighted by molar-refractivity contribution is -0.315. The topological polar surface area (TPSA) is 200 Å². The highest BCUT2D eigenvalue weighted by Crippen LogP contribution is 2.42. The molecule has 15 nitrogen and oxygen atoms in total. The number of nitrogens with one attached hydrogen (secondary N) is 3. The van der Waals surface area contributed by atoms with Gasteiger partial charge in [0.25, 0.3) is 0 Å². The number of rotatable bonds is 12. The lowest BCUT2D eigenvalue weighted by atomic mass is 9.83. The number of alkyl halides is 1. The fourth-order valence-corrected chi connectivity index (χ4v) is 9.36. The van der Waals surface area contributed by atoms with Crippen LogP contribution in [0.3, 0.4) is 0 Å². The number of ketones is 2. The van der Waals surface area contributed by atoms with Gasteiger partial charge in [0.2, 0.25) is 11.5 Å². The van der Waals surface area contributed by atoms with Gasteiger partial charge < -0.3 is 54.3 Å². The Kier molecular flexibility index (Phi) is 14.9. The number of hydrogen-bond donors (Lipinski definition) is 5. The van der Waals surface area contributed by atoms with Gasteiger partial charge in [-0.15, -0.1) is 0 Å². The van der Waals surface area contributed by atoms with Crippen molar-refractivity contribution in [3.05, 3.63) is 71.1 Å². The minimum absolute atomic E-state index is 0.0102. The number of alkyl carbamates (subject to hydrolysis) is 1. The minimum Gasteiger partial charge on any atom is -0.508 e. The molecule has 1 aromatic carbocycles. The van der Waals surface area contributed by atoms with E-state index in [1.54, 1.807) is 37.6 Å². The Balaban J connectivity index is 1.32. The molecule has 2 fully saturated rings. The zero-order chi connectivity index (χ0) is 46.8. The van der Waals surface area contributed by atoms with E-state index < -0.39 is 86.4 Å². The standard InChI is InChI=1S/C46H51FN4O11S3/c1-24(2)49-32-23-59-38(21-36(32)57-4)61-37-22-46(47,43(55)42-41-27(15-17-48-42)30-19-26(52)13-14-31(30)50-41)25(3)60-44(37)62-35-12-10-8-7-9-11-29-39(35)28(16-18-65(6,63)64)33(53)20-34(54)40(29)51-45(56)58-5/h7-8,13-17,19,24-25,32-33,35-38,40,44,49-50,52-53H,18,20-23H2,1-6H3,(H,51,56)/b8-7-,28-16-/t25?,32?,33-,35-,36?,37?,38?,40?,44?,46?/m0/s1. The molecule has 7 rings (SSSR count). The van der Waals surface area contributed by atoms with Crippen LogP contribution in [0.5, 0.6) is 5.75 Å². The molecule has 65 heavy (non-hydrogen) atoms. The molecule has 2 aromatic heterocycles. The Morgan fingerprint density at radius 3 is 2.65 bits per heavy atom. The molecule has 0 radical (unpaired) electrons. The third-order valence-corrected chi connectivity index (χ3v) is 13.2. The van der Waals surface area contributed by atoms with Crippen molar-refractivity contribution in [2.45, 2.75) is 107 Å². The number of carbonyl (C=O) groups is 3. The summed E-state index contributed by atoms with van der Waals surface area (Å²) in [6, 6.07) is 4.86. The van der Waals surface area contributed by atoms with Crippen LogP contribution in [0.2, 0.25) is 0 Å². The highest BCUT2D eigenvalue weighted by Gasteiger charge is 2.56. The number of aliphatic hydroxyl groups is 1. The maximum absolute atomic E-state index is 18.1. The smallest absolute Gasteiger partial charge is 0.407 e. The number of hydrogen-bond acceptors (Lipinski definition) is 15. The molecule has 1 amide bonds. The number of aromatic nitrogens is 2. The van der Waals surface area contributed by atoms with Gasteiger partial charge in [-0.25, -0.2) is 9.18 Å². The Morgan fingerprint density at radius 1 is 1.15 bits per heavy atom. The van der Waals surface area contributed by atoms with E-state index in [1.165, 1.54) is 31.3 Å². The van der Waals surface area contributed by atoms with E-state index in [-0.39, 0.29) is 70.6 Å². The highest BCUT2D eigenvalue weighted by atomic mass is 33.1. The number of allylic oxidation sites excluding steroid dienone is 2. The molecular formula is C46H51FN4O11S3. The second kappa shape index (κ2) is 20.1. The molecule has 346 valence electrons. The predicted molar refractivity (Wildman–Crippen MR) is 247 cm³/mol. The van der Waals surface area contributed by atoms with Crippen LogP contribution in [0.1, 0.15) is 50.5 Å². The molecule has 19 heteroatoms. The number of benzene rings is 1. The van der Waals surface area contributed by atoms with E-state index in [0.29, 0.717) is 16.3 Å². The maximum atomic E-state index is 18.1. The molecule has 10 atom stereocenters. The molecule has 2 aliphatic heterocycles. The van der Waals surface area contributed by atoms with Crippen LogP contribution in [-0.2, 0) is 62.7 Å². The number of carbonyl (C=O) groups excluding carboxylic acids is 3. The first-order valence-electron chi connectivity index (χ1n) is 21.0. The average Bonchev–Trinajstić information content (AvgIpc) is 3.63. The van der Waals surface area contributed by atoms with Crippen molar-refractivity contribution in [1.82, 2.24) is 20.6 Å². The van der Waals surface area contributed by atoms with Gasteiger partial charge in [-0.2, -0.15) is 0 Å². The Hall–Kier alpha value is -4.64. The number of nitrogens with zero attached hydrogens (tertiary/aromatic N) is 1. The van der Waals surface area contributed by atoms with Crippen molar-refractivity contribution in [2.75, 3.05) is 32.8 Å². The van der Waals surface area contributed by atoms with Crippen LogP contribution in [0.15, 0.2) is 65.4 Å². The summed E-state index contributed by atoms with van der Waals surface area (Å²) in [5.74, 6) is 10.4. The van der Waals surface area contributed by atoms with Gasteiger partial charge in [-0.3, -0.25) is 14.6 Å². The van der Waals surface area contributed by atoms with Crippen LogP contribution in [0.25, 0.3) is 21.8 Å². The van der Waals surface area contributed by atoms with Gasteiger partial charge in [0, 0.05) is 71.8 Å². The summed E-state index contributed by atoms with van der Waals surface area (Å²) in [6.07, 6.45) is -2.67. The third kappa shape index (κ3) is 10.7. The SMILES string of the molecule is COC(=O)NC1C(=O)C[C@H](O)/C(=C/CS(C)(=S)=S)C2=C1C#C/C=C\C#C[C@@H]2OC1OC(C)C(F)(C(=O)c2nccc3c2[nH]c2ccc(O)cc23)CC1OC1CC(OC)C(NC(C)C)CO1. The second-order valence-electron chi connectivity index (χ2n) is 16.6. The van der Waals surface area contributed by atoms with E-state index in [4.69, 9.17) is 50.8 Å². The van der Waals surface area contributed by atoms with Gasteiger partial charge in [0.05, 0.1) is 43.6 Å². The Bertz CT molecular complexity index is 2700. The summed E-state index contributed by atoms with van der Waals surface area (Å²) in [7, 11) is 0.674. The summed E-state index contributed by atoms with van der Waals surface area (Å²) in [4.78, 5) is 48.8. The molecule has 2 aliphatic carbocycles. The van der Waals surface area contributed by atoms with Crippen molar-refractivity contribution in [2.24, 2.45) is 0 Å². The van der Waals surface area contributed by atoms with E-state index in [1.807, 2.05) is 13.8 Å². The molecule has 8 unspecified atom stereocenters. The Labute approximate surface area is 385 Å². The minimum atomic E-state index is -2.77. The fraction of sp³-hybridized carbons (Fsp3) is 0.478. The van der Waals surface area contributed by atoms with Crippen molar-refractivity contribution in [3.63, 3.8) is 0 Å². The molecule has 0 bridgehead atoms. The second-order valence-corrected chi connectivity index (χ2v) is 23.8. The largest absolute Gasteiger partial charge is 0.508 e. The van der Waals surface area contributed by atoms with E-state index >= 15 is 4.39 Å². The number of H-pyrrole nitrogens is 1. The molecule has 4 heterocycles. The van der Waals surface area contributed by atoms with Gasteiger partial charge in [0.15, 0.2) is 18.4 Å². The van der Waals surface area contributed by atoms with Crippen LogP contribution in [0, 0.1) is 23.7 Å². The lowest BCUT2D eigenvalue weighted by Crippen LogP contribution is -2.60. The number of halogens is 1. The van der Waals surface area contributed by atoms with Gasteiger partial charge in [-0.05, 0) is 77.5 Å². The quantitative estimate of drug-likeness (QED) is 0.129. The number of amides is 1. The first-order valence-corrected chi connectivity index (χ1v) is 25.0. The van der Waals surface area contributed by atoms with Crippen LogP contribution in [0.4, 0.5) is 9.18 Å². The van der Waals surface area contributed by atoms with Crippen LogP contribution in [-0.4, -0.2) is 138 Å². The van der Waals surface area contributed by atoms with Crippen molar-refractivity contribution < 1.29 is 57.4 Å². The fourth-order valence-electron chi connectivity index (χ4n) is 8.47. The number of methoxy groups -OCH3 is 2. The first-order chi connectivity index (χ1) is 30.9. The van der Waals surface area contributed by atoms with Gasteiger partial charge in [-0.1, -0.05) is 50.8 Å². The monoisotopic (exact) mass is 950 g/mol. The molecule has 5 N–H and O–H groups in total. The average molecular weight is 951 g/mol. The summed E-state index contributed by atoms with van der Waals surface area (Å²) in [6.45, 7) is 5.57. The summed E-state index contributed by atoms with van der Waals surface area (Å²) >= 11 is 11.2. The molecule has 4 aliphatic rings. The number of pyridine rings is 1. The number of ether oxygens (including phenoxy) is 6. The van der Waals surface area contributed by atoms with E-state index in [2.05, 4.69) is 44.3 Å². The van der Waals surface area contributed by atoms with Crippen molar-refractivity contribution >= 4 is 69.0 Å². The predicted octanol–water partition coefficient (Wildman–Crippen LogP) is 3.91. The number of phenolic OH excluding ortho intramolecular Hbond substituents is 1. The van der Waals surface area contributed by atoms with E-state index in [0.717, 1.165) is 7.11 Å². The number of fused-ring (bicyclic) bond motifs is 3. The molecule has 0 saturated carbocycles. The van der Waals surface area contributed by atoms with Crippen LogP contribution >= 0.6 is 0 Å². The summed E-state index contributed by atoms with van der Waals surface area (Å²) in [5, 5.41) is 29.1. The number of aromatic hydroxyl groups is 1. The number of phenols is 1. The number of aliphatic hydroxyl groups excluding tert-OH is 1.